The minimum atomic E-state index is 0.274. The Morgan fingerprint density at radius 3 is 2.52 bits per heavy atom. The summed E-state index contributed by atoms with van der Waals surface area (Å²) in [6.45, 7) is 4.46. The van der Waals surface area contributed by atoms with Crippen molar-refractivity contribution in [2.24, 2.45) is 4.99 Å². The second-order valence-corrected chi connectivity index (χ2v) is 4.87. The van der Waals surface area contributed by atoms with Crippen molar-refractivity contribution < 1.29 is 4.74 Å². The van der Waals surface area contributed by atoms with Gasteiger partial charge in [0.25, 0.3) is 0 Å². The zero-order valence-corrected chi connectivity index (χ0v) is 12.4. The molecule has 0 aliphatic heterocycles. The maximum atomic E-state index is 5.73. The van der Waals surface area contributed by atoms with Crippen molar-refractivity contribution in [1.29, 1.82) is 0 Å². The van der Waals surface area contributed by atoms with Crippen LogP contribution in [0.4, 0.5) is 0 Å². The van der Waals surface area contributed by atoms with Crippen molar-refractivity contribution >= 4 is 6.21 Å². The number of rotatable bonds is 4. The molecule has 0 aliphatic carbocycles. The molecule has 0 spiro atoms. The summed E-state index contributed by atoms with van der Waals surface area (Å²) in [6.07, 6.45) is 1.85. The summed E-state index contributed by atoms with van der Waals surface area (Å²) in [5.74, 6) is 6.91. The fourth-order valence-corrected chi connectivity index (χ4v) is 1.72. The molecule has 106 valence electrons. The van der Waals surface area contributed by atoms with Crippen LogP contribution >= 0.6 is 0 Å². The first-order chi connectivity index (χ1) is 10.3. The van der Waals surface area contributed by atoms with Gasteiger partial charge in [0.1, 0.15) is 12.4 Å². The second kappa shape index (κ2) is 7.91. The maximum absolute atomic E-state index is 5.73. The number of aliphatic imine (C=N–C) groups is 1. The van der Waals surface area contributed by atoms with Crippen LogP contribution in [-0.4, -0.2) is 18.9 Å². The molecule has 0 aliphatic rings. The molecule has 2 heteroatoms. The van der Waals surface area contributed by atoms with Gasteiger partial charge in [0, 0.05) is 23.4 Å². The van der Waals surface area contributed by atoms with E-state index in [-0.39, 0.29) is 6.04 Å². The molecule has 0 saturated carbocycles. The van der Waals surface area contributed by atoms with Crippen molar-refractivity contribution in [3.8, 4) is 17.6 Å². The minimum Gasteiger partial charge on any atom is -0.480 e. The van der Waals surface area contributed by atoms with E-state index >= 15 is 0 Å². The lowest BCUT2D eigenvalue weighted by atomic mass is 10.2. The van der Waals surface area contributed by atoms with Gasteiger partial charge >= 0.3 is 0 Å². The molecule has 0 amide bonds. The van der Waals surface area contributed by atoms with Gasteiger partial charge < -0.3 is 4.74 Å². The summed E-state index contributed by atoms with van der Waals surface area (Å²) in [4.78, 5) is 4.39. The van der Waals surface area contributed by atoms with Gasteiger partial charge in [0.05, 0.1) is 0 Å². The first-order valence-electron chi connectivity index (χ1n) is 7.04. The Balaban J connectivity index is 1.99. The van der Waals surface area contributed by atoms with Gasteiger partial charge in [-0.2, -0.15) is 0 Å². The number of para-hydroxylation sites is 1. The fraction of sp³-hybridized carbons (Fsp3) is 0.211. The average molecular weight is 277 g/mol. The summed E-state index contributed by atoms with van der Waals surface area (Å²) in [7, 11) is 0. The smallest absolute Gasteiger partial charge is 0.149 e. The Hall–Kier alpha value is -2.53. The van der Waals surface area contributed by atoms with Crippen molar-refractivity contribution in [2.75, 3.05) is 6.61 Å². The molecule has 2 aromatic carbocycles. The molecule has 0 radical (unpaired) electrons. The summed E-state index contributed by atoms with van der Waals surface area (Å²) in [5, 5.41) is 0. The highest BCUT2D eigenvalue weighted by molar-refractivity contribution is 5.83. The standard InChI is InChI=1S/C19H19NO/c1-16(2)20-15-18-12-6-7-13-19(18)21-14-8-11-17-9-4-3-5-10-17/h3-7,9-10,12-13,15-16H,14H2,1-2H3. The Kier molecular flexibility index (Phi) is 5.60. The third kappa shape index (κ3) is 5.16. The molecule has 21 heavy (non-hydrogen) atoms. The van der Waals surface area contributed by atoms with Crippen LogP contribution in [0.1, 0.15) is 25.0 Å². The highest BCUT2D eigenvalue weighted by Crippen LogP contribution is 2.15. The lowest BCUT2D eigenvalue weighted by molar-refractivity contribution is 0.369. The van der Waals surface area contributed by atoms with E-state index in [0.717, 1.165) is 16.9 Å². The Morgan fingerprint density at radius 1 is 1.05 bits per heavy atom. The molecule has 0 heterocycles. The van der Waals surface area contributed by atoms with Crippen LogP contribution < -0.4 is 4.74 Å². The van der Waals surface area contributed by atoms with Crippen molar-refractivity contribution in [2.45, 2.75) is 19.9 Å². The number of hydrogen-bond acceptors (Lipinski definition) is 2. The molecule has 0 bridgehead atoms. The van der Waals surface area contributed by atoms with E-state index in [9.17, 15) is 0 Å². The van der Waals surface area contributed by atoms with Crippen LogP contribution in [0.2, 0.25) is 0 Å². The van der Waals surface area contributed by atoms with E-state index in [1.165, 1.54) is 0 Å². The van der Waals surface area contributed by atoms with E-state index in [1.807, 2.05) is 74.7 Å². The Morgan fingerprint density at radius 2 is 1.76 bits per heavy atom. The normalized spacial score (nSPS) is 10.4. The van der Waals surface area contributed by atoms with Crippen LogP contribution in [0.5, 0.6) is 5.75 Å². The van der Waals surface area contributed by atoms with Crippen LogP contribution in [-0.2, 0) is 0 Å². The number of benzene rings is 2. The number of ether oxygens (including phenoxy) is 1. The third-order valence-corrected chi connectivity index (χ3v) is 2.74. The zero-order valence-electron chi connectivity index (χ0n) is 12.4. The molecule has 2 rings (SSSR count). The van der Waals surface area contributed by atoms with E-state index in [1.54, 1.807) is 0 Å². The summed E-state index contributed by atoms with van der Waals surface area (Å²) in [6, 6.07) is 18.0. The van der Waals surface area contributed by atoms with Gasteiger partial charge in [-0.1, -0.05) is 42.2 Å². The number of hydrogen-bond donors (Lipinski definition) is 0. The topological polar surface area (TPSA) is 21.6 Å². The Bertz CT molecular complexity index is 648. The quantitative estimate of drug-likeness (QED) is 0.612. The SMILES string of the molecule is CC(C)N=Cc1ccccc1OCC#Cc1ccccc1. The molecule has 2 aromatic rings. The molecule has 0 aromatic heterocycles. The van der Waals surface area contributed by atoms with Crippen LogP contribution in [0.3, 0.4) is 0 Å². The molecule has 0 fully saturated rings. The largest absolute Gasteiger partial charge is 0.480 e. The highest BCUT2D eigenvalue weighted by atomic mass is 16.5. The van der Waals surface area contributed by atoms with Gasteiger partial charge in [0.2, 0.25) is 0 Å². The Labute approximate surface area is 126 Å². The summed E-state index contributed by atoms with van der Waals surface area (Å²) < 4.78 is 5.73. The lowest BCUT2D eigenvalue weighted by Crippen LogP contribution is -1.98. The predicted molar refractivity (Wildman–Crippen MR) is 88.0 cm³/mol. The average Bonchev–Trinajstić information content (AvgIpc) is 2.51. The van der Waals surface area contributed by atoms with Crippen molar-refractivity contribution in [1.82, 2.24) is 0 Å². The first-order valence-corrected chi connectivity index (χ1v) is 7.04. The van der Waals surface area contributed by atoms with Gasteiger partial charge in [-0.25, -0.2) is 0 Å². The monoisotopic (exact) mass is 277 g/mol. The van der Waals surface area contributed by atoms with E-state index in [2.05, 4.69) is 16.8 Å². The van der Waals surface area contributed by atoms with Crippen LogP contribution in [0.15, 0.2) is 59.6 Å². The molecular weight excluding hydrogens is 258 g/mol. The predicted octanol–water partition coefficient (Wildman–Crippen LogP) is 3.94. The molecule has 2 nitrogen and oxygen atoms in total. The van der Waals surface area contributed by atoms with Gasteiger partial charge in [-0.15, -0.1) is 0 Å². The van der Waals surface area contributed by atoms with E-state index in [0.29, 0.717) is 6.61 Å². The van der Waals surface area contributed by atoms with Gasteiger partial charge in [-0.3, -0.25) is 4.99 Å². The molecule has 0 saturated heterocycles. The van der Waals surface area contributed by atoms with Crippen molar-refractivity contribution in [3.63, 3.8) is 0 Å². The van der Waals surface area contributed by atoms with Gasteiger partial charge in [-0.05, 0) is 38.1 Å². The maximum Gasteiger partial charge on any atom is 0.149 e. The third-order valence-electron chi connectivity index (χ3n) is 2.74. The molecule has 0 unspecified atom stereocenters. The molecule has 0 atom stereocenters. The van der Waals surface area contributed by atoms with Crippen LogP contribution in [0.25, 0.3) is 0 Å². The molecule has 0 N–H and O–H groups in total. The second-order valence-electron chi connectivity index (χ2n) is 4.87. The number of nitrogens with zero attached hydrogens (tertiary/aromatic N) is 1. The lowest BCUT2D eigenvalue weighted by Gasteiger charge is -2.05. The zero-order chi connectivity index (χ0) is 14.9. The van der Waals surface area contributed by atoms with Crippen molar-refractivity contribution in [3.05, 3.63) is 65.7 Å². The summed E-state index contributed by atoms with van der Waals surface area (Å²) >= 11 is 0. The first kappa shape index (κ1) is 14.9. The van der Waals surface area contributed by atoms with Gasteiger partial charge in [0.15, 0.2) is 0 Å². The van der Waals surface area contributed by atoms with E-state index in [4.69, 9.17) is 4.74 Å². The minimum absolute atomic E-state index is 0.274. The van der Waals surface area contributed by atoms with Crippen LogP contribution in [0, 0.1) is 11.8 Å². The fourth-order valence-electron chi connectivity index (χ4n) is 1.72. The highest BCUT2D eigenvalue weighted by Gasteiger charge is 1.99. The summed E-state index contributed by atoms with van der Waals surface area (Å²) in [5.41, 5.74) is 1.98. The van der Waals surface area contributed by atoms with E-state index < -0.39 is 0 Å². The molecular formula is C19H19NO.